The van der Waals surface area contributed by atoms with E-state index in [-0.39, 0.29) is 24.1 Å². The van der Waals surface area contributed by atoms with E-state index < -0.39 is 0 Å². The lowest BCUT2D eigenvalue weighted by Gasteiger charge is -2.14. The first-order chi connectivity index (χ1) is 13.5. The van der Waals surface area contributed by atoms with Gasteiger partial charge >= 0.3 is 0 Å². The number of fused-ring (bicyclic) bond motifs is 1. The fourth-order valence-electron chi connectivity index (χ4n) is 3.45. The van der Waals surface area contributed by atoms with Crippen molar-refractivity contribution in [3.8, 4) is 11.1 Å². The molecule has 0 bridgehead atoms. The Morgan fingerprint density at radius 2 is 2.00 bits per heavy atom. The van der Waals surface area contributed by atoms with Gasteiger partial charge in [-0.15, -0.1) is 11.3 Å². The lowest BCUT2D eigenvalue weighted by molar-refractivity contribution is -0.122. The number of rotatable bonds is 8. The van der Waals surface area contributed by atoms with Crippen molar-refractivity contribution >= 4 is 27.5 Å². The molecule has 3 aromatic rings. The second kappa shape index (κ2) is 9.15. The Labute approximate surface area is 169 Å². The molecule has 0 radical (unpaired) electrons. The molecule has 1 unspecified atom stereocenters. The van der Waals surface area contributed by atoms with Crippen LogP contribution in [0.1, 0.15) is 44.4 Å². The minimum Gasteiger partial charge on any atom is -0.352 e. The van der Waals surface area contributed by atoms with E-state index in [1.54, 1.807) is 0 Å². The van der Waals surface area contributed by atoms with Crippen LogP contribution in [-0.4, -0.2) is 21.5 Å². The minimum absolute atomic E-state index is 0.0109. The second-order valence-corrected chi connectivity index (χ2v) is 8.42. The standard InChI is InChI=1S/C22H27N3O2S/c1-4-5-7-10-15(2)24-18(26)13-25-14-23-21-20(22(25)27)19(16(3)28-21)17-11-8-6-9-12-17/h6,8-9,11-12,14-15H,4-5,7,10,13H2,1-3H3,(H,24,26). The second-order valence-electron chi connectivity index (χ2n) is 7.22. The van der Waals surface area contributed by atoms with Crippen LogP contribution in [0, 0.1) is 6.92 Å². The largest absolute Gasteiger partial charge is 0.352 e. The van der Waals surface area contributed by atoms with Crippen LogP contribution in [0.2, 0.25) is 0 Å². The summed E-state index contributed by atoms with van der Waals surface area (Å²) in [4.78, 5) is 31.7. The van der Waals surface area contributed by atoms with E-state index in [0.29, 0.717) is 10.2 Å². The van der Waals surface area contributed by atoms with E-state index in [0.717, 1.165) is 35.3 Å². The Balaban J connectivity index is 1.84. The van der Waals surface area contributed by atoms with E-state index in [9.17, 15) is 9.59 Å². The number of aromatic nitrogens is 2. The van der Waals surface area contributed by atoms with Crippen molar-refractivity contribution in [3.05, 3.63) is 51.9 Å². The Morgan fingerprint density at radius 3 is 2.71 bits per heavy atom. The zero-order chi connectivity index (χ0) is 20.1. The van der Waals surface area contributed by atoms with E-state index in [4.69, 9.17) is 0 Å². The third-order valence-corrected chi connectivity index (χ3v) is 5.89. The van der Waals surface area contributed by atoms with Gasteiger partial charge in [0.15, 0.2) is 0 Å². The van der Waals surface area contributed by atoms with Gasteiger partial charge in [0.1, 0.15) is 11.4 Å². The monoisotopic (exact) mass is 397 g/mol. The molecule has 2 aromatic heterocycles. The lowest BCUT2D eigenvalue weighted by atomic mass is 10.0. The Morgan fingerprint density at radius 1 is 1.25 bits per heavy atom. The first kappa shape index (κ1) is 20.3. The van der Waals surface area contributed by atoms with Gasteiger partial charge in [0.2, 0.25) is 5.91 Å². The fourth-order valence-corrected chi connectivity index (χ4v) is 4.45. The van der Waals surface area contributed by atoms with E-state index >= 15 is 0 Å². The molecule has 1 atom stereocenters. The van der Waals surface area contributed by atoms with Gasteiger partial charge in [0.25, 0.3) is 5.56 Å². The van der Waals surface area contributed by atoms with Gasteiger partial charge < -0.3 is 5.32 Å². The molecule has 0 aliphatic heterocycles. The number of carbonyl (C=O) groups excluding carboxylic acids is 1. The van der Waals surface area contributed by atoms with Crippen LogP contribution in [0.3, 0.4) is 0 Å². The summed E-state index contributed by atoms with van der Waals surface area (Å²) in [5, 5.41) is 3.59. The molecule has 0 aliphatic rings. The molecule has 0 spiro atoms. The lowest BCUT2D eigenvalue weighted by Crippen LogP contribution is -2.37. The summed E-state index contributed by atoms with van der Waals surface area (Å²) in [6.07, 6.45) is 5.86. The van der Waals surface area contributed by atoms with E-state index in [2.05, 4.69) is 17.2 Å². The molecule has 1 N–H and O–H groups in total. The summed E-state index contributed by atoms with van der Waals surface area (Å²) in [5.41, 5.74) is 1.75. The number of carbonyl (C=O) groups is 1. The summed E-state index contributed by atoms with van der Waals surface area (Å²) in [5.74, 6) is -0.152. The van der Waals surface area contributed by atoms with Crippen LogP contribution in [0.15, 0.2) is 41.5 Å². The van der Waals surface area contributed by atoms with Crippen molar-refractivity contribution in [2.45, 2.75) is 59.0 Å². The number of amides is 1. The average molecular weight is 398 g/mol. The number of unbranched alkanes of at least 4 members (excludes halogenated alkanes) is 2. The topological polar surface area (TPSA) is 64.0 Å². The molecule has 0 saturated carbocycles. The highest BCUT2D eigenvalue weighted by Gasteiger charge is 2.18. The summed E-state index contributed by atoms with van der Waals surface area (Å²) in [6, 6.07) is 9.97. The molecule has 148 valence electrons. The van der Waals surface area contributed by atoms with Gasteiger partial charge in [0.05, 0.1) is 11.7 Å². The van der Waals surface area contributed by atoms with Gasteiger partial charge in [-0.1, -0.05) is 56.5 Å². The SMILES string of the molecule is CCCCCC(C)NC(=O)Cn1cnc2sc(C)c(-c3ccccc3)c2c1=O. The molecule has 6 heteroatoms. The van der Waals surface area contributed by atoms with Gasteiger partial charge in [-0.05, 0) is 25.8 Å². The quantitative estimate of drug-likeness (QED) is 0.569. The maximum Gasteiger partial charge on any atom is 0.263 e. The normalized spacial score (nSPS) is 12.2. The third kappa shape index (κ3) is 4.50. The van der Waals surface area contributed by atoms with Gasteiger partial charge in [0, 0.05) is 16.5 Å². The predicted molar refractivity (Wildman–Crippen MR) is 116 cm³/mol. The molecule has 28 heavy (non-hydrogen) atoms. The zero-order valence-corrected chi connectivity index (χ0v) is 17.5. The highest BCUT2D eigenvalue weighted by molar-refractivity contribution is 7.19. The summed E-state index contributed by atoms with van der Waals surface area (Å²) < 4.78 is 1.41. The number of benzene rings is 1. The summed E-state index contributed by atoms with van der Waals surface area (Å²) in [6.45, 7) is 6.16. The van der Waals surface area contributed by atoms with Crippen LogP contribution >= 0.6 is 11.3 Å². The van der Waals surface area contributed by atoms with Crippen LogP contribution in [0.5, 0.6) is 0 Å². The summed E-state index contributed by atoms with van der Waals surface area (Å²) in [7, 11) is 0. The molecule has 2 heterocycles. The number of aryl methyl sites for hydroxylation is 1. The van der Waals surface area contributed by atoms with Crippen molar-refractivity contribution in [1.29, 1.82) is 0 Å². The molecular weight excluding hydrogens is 370 g/mol. The smallest absolute Gasteiger partial charge is 0.263 e. The predicted octanol–water partition coefficient (Wildman–Crippen LogP) is 4.52. The maximum absolute atomic E-state index is 13.1. The molecule has 5 nitrogen and oxygen atoms in total. The van der Waals surface area contributed by atoms with Crippen molar-refractivity contribution in [2.75, 3.05) is 0 Å². The van der Waals surface area contributed by atoms with Crippen molar-refractivity contribution < 1.29 is 4.79 Å². The Hall–Kier alpha value is -2.47. The number of thiophene rings is 1. The molecule has 1 aromatic carbocycles. The maximum atomic E-state index is 13.1. The Kier molecular flexibility index (Phi) is 6.62. The molecular formula is C22H27N3O2S. The van der Waals surface area contributed by atoms with Crippen LogP contribution in [0.4, 0.5) is 0 Å². The van der Waals surface area contributed by atoms with Gasteiger partial charge in [-0.3, -0.25) is 14.2 Å². The highest BCUT2D eigenvalue weighted by Crippen LogP contribution is 2.35. The van der Waals surface area contributed by atoms with E-state index in [1.165, 1.54) is 28.7 Å². The van der Waals surface area contributed by atoms with Crippen LogP contribution in [-0.2, 0) is 11.3 Å². The average Bonchev–Trinajstić information content (AvgIpc) is 3.01. The number of hydrogen-bond acceptors (Lipinski definition) is 4. The first-order valence-electron chi connectivity index (χ1n) is 9.84. The highest BCUT2D eigenvalue weighted by atomic mass is 32.1. The van der Waals surface area contributed by atoms with Gasteiger partial charge in [-0.25, -0.2) is 4.98 Å². The number of hydrogen-bond donors (Lipinski definition) is 1. The molecule has 3 rings (SSSR count). The first-order valence-corrected chi connectivity index (χ1v) is 10.7. The molecule has 0 saturated heterocycles. The van der Waals surface area contributed by atoms with E-state index in [1.807, 2.05) is 44.2 Å². The summed E-state index contributed by atoms with van der Waals surface area (Å²) >= 11 is 1.51. The van der Waals surface area contributed by atoms with Crippen LogP contribution in [0.25, 0.3) is 21.3 Å². The minimum atomic E-state index is -0.165. The third-order valence-electron chi connectivity index (χ3n) is 4.88. The van der Waals surface area contributed by atoms with Crippen molar-refractivity contribution in [2.24, 2.45) is 0 Å². The fraction of sp³-hybridized carbons (Fsp3) is 0.409. The zero-order valence-electron chi connectivity index (χ0n) is 16.7. The number of nitrogens with one attached hydrogen (secondary N) is 1. The van der Waals surface area contributed by atoms with Crippen LogP contribution < -0.4 is 10.9 Å². The molecule has 1 amide bonds. The van der Waals surface area contributed by atoms with Gasteiger partial charge in [-0.2, -0.15) is 0 Å². The molecule has 0 aliphatic carbocycles. The van der Waals surface area contributed by atoms with Crippen molar-refractivity contribution in [1.82, 2.24) is 14.9 Å². The molecule has 0 fully saturated rings. The van der Waals surface area contributed by atoms with Crippen molar-refractivity contribution in [3.63, 3.8) is 0 Å². The Bertz CT molecular complexity index is 1010. The number of nitrogens with zero attached hydrogens (tertiary/aromatic N) is 2.